The summed E-state index contributed by atoms with van der Waals surface area (Å²) in [7, 11) is 0. The summed E-state index contributed by atoms with van der Waals surface area (Å²) in [6.07, 6.45) is 5.98. The average Bonchev–Trinajstić information content (AvgIpc) is 3.09. The molecule has 1 saturated heterocycles. The van der Waals surface area contributed by atoms with E-state index < -0.39 is 0 Å². The summed E-state index contributed by atoms with van der Waals surface area (Å²) in [4.78, 5) is 13.5. The van der Waals surface area contributed by atoms with Crippen LogP contribution >= 0.6 is 0 Å². The number of rotatable bonds is 6. The van der Waals surface area contributed by atoms with Crippen LogP contribution in [-0.4, -0.2) is 43.0 Å². The van der Waals surface area contributed by atoms with E-state index in [4.69, 9.17) is 5.73 Å². The van der Waals surface area contributed by atoms with Crippen LogP contribution in [0.25, 0.3) is 0 Å². The molecule has 92 valence electrons. The molecule has 3 N–H and O–H groups in total. The zero-order chi connectivity index (χ0) is 11.4. The molecule has 0 aromatic heterocycles. The first kappa shape index (κ1) is 11.9. The Hall–Kier alpha value is -0.610. The van der Waals surface area contributed by atoms with Crippen molar-refractivity contribution in [3.8, 4) is 0 Å². The Morgan fingerprint density at radius 1 is 1.38 bits per heavy atom. The first-order valence-electron chi connectivity index (χ1n) is 6.51. The summed E-state index contributed by atoms with van der Waals surface area (Å²) in [5.41, 5.74) is 5.35. The fraction of sp³-hybridized carbons (Fsp3) is 0.917. The van der Waals surface area contributed by atoms with Gasteiger partial charge in [0.15, 0.2) is 0 Å². The molecule has 1 amide bonds. The van der Waals surface area contributed by atoms with Crippen LogP contribution in [0.2, 0.25) is 0 Å². The van der Waals surface area contributed by atoms with Crippen LogP contribution in [0.4, 0.5) is 0 Å². The fourth-order valence-corrected chi connectivity index (χ4v) is 2.39. The molecule has 1 atom stereocenters. The molecule has 4 heteroatoms. The zero-order valence-corrected chi connectivity index (χ0v) is 9.95. The molecular formula is C12H23N3O. The summed E-state index contributed by atoms with van der Waals surface area (Å²) in [6, 6.07) is 0.805. The summed E-state index contributed by atoms with van der Waals surface area (Å²) in [6.45, 7) is 4.22. The lowest BCUT2D eigenvalue weighted by Gasteiger charge is -2.31. The number of nitrogens with one attached hydrogen (secondary N) is 1. The SMILES string of the molecule is NC(=O)C1CCCN(CCCNC2CC2)C1. The lowest BCUT2D eigenvalue weighted by atomic mass is 9.97. The number of hydrogen-bond donors (Lipinski definition) is 2. The van der Waals surface area contributed by atoms with Crippen molar-refractivity contribution >= 4 is 5.91 Å². The molecular weight excluding hydrogens is 202 g/mol. The number of nitrogens with zero attached hydrogens (tertiary/aromatic N) is 1. The molecule has 0 bridgehead atoms. The van der Waals surface area contributed by atoms with E-state index >= 15 is 0 Å². The molecule has 1 aliphatic carbocycles. The molecule has 4 nitrogen and oxygen atoms in total. The van der Waals surface area contributed by atoms with Crippen molar-refractivity contribution in [1.82, 2.24) is 10.2 Å². The van der Waals surface area contributed by atoms with Gasteiger partial charge in [-0.3, -0.25) is 4.79 Å². The summed E-state index contributed by atoms with van der Waals surface area (Å²) in [5.74, 6) is -0.0362. The largest absolute Gasteiger partial charge is 0.369 e. The fourth-order valence-electron chi connectivity index (χ4n) is 2.39. The summed E-state index contributed by atoms with van der Waals surface area (Å²) in [5, 5.41) is 3.51. The minimum Gasteiger partial charge on any atom is -0.369 e. The predicted octanol–water partition coefficient (Wildman–Crippen LogP) is 0.326. The summed E-state index contributed by atoms with van der Waals surface area (Å²) < 4.78 is 0. The normalized spacial score (nSPS) is 26.9. The topological polar surface area (TPSA) is 58.4 Å². The van der Waals surface area contributed by atoms with Crippen LogP contribution in [0.3, 0.4) is 0 Å². The van der Waals surface area contributed by atoms with Crippen molar-refractivity contribution in [3.05, 3.63) is 0 Å². The van der Waals surface area contributed by atoms with Crippen LogP contribution in [0, 0.1) is 5.92 Å². The van der Waals surface area contributed by atoms with E-state index in [-0.39, 0.29) is 11.8 Å². The number of nitrogens with two attached hydrogens (primary N) is 1. The molecule has 16 heavy (non-hydrogen) atoms. The molecule has 0 spiro atoms. The third-order valence-corrected chi connectivity index (χ3v) is 3.57. The Morgan fingerprint density at radius 3 is 2.88 bits per heavy atom. The molecule has 1 heterocycles. The number of carbonyl (C=O) groups excluding carboxylic acids is 1. The van der Waals surface area contributed by atoms with Gasteiger partial charge in [-0.05, 0) is 51.7 Å². The van der Waals surface area contributed by atoms with E-state index in [2.05, 4.69) is 10.2 Å². The highest BCUT2D eigenvalue weighted by Crippen LogP contribution is 2.19. The summed E-state index contributed by atoms with van der Waals surface area (Å²) >= 11 is 0. The van der Waals surface area contributed by atoms with Crippen LogP contribution in [0.1, 0.15) is 32.1 Å². The maximum absolute atomic E-state index is 11.1. The third-order valence-electron chi connectivity index (χ3n) is 3.57. The average molecular weight is 225 g/mol. The minimum atomic E-state index is -0.124. The lowest BCUT2D eigenvalue weighted by molar-refractivity contribution is -0.123. The minimum absolute atomic E-state index is 0.0881. The van der Waals surface area contributed by atoms with E-state index in [1.54, 1.807) is 0 Å². The number of hydrogen-bond acceptors (Lipinski definition) is 3. The zero-order valence-electron chi connectivity index (χ0n) is 9.95. The molecule has 2 fully saturated rings. The van der Waals surface area contributed by atoms with Gasteiger partial charge in [0.25, 0.3) is 0 Å². The Morgan fingerprint density at radius 2 is 2.19 bits per heavy atom. The number of primary amides is 1. The van der Waals surface area contributed by atoms with E-state index in [1.807, 2.05) is 0 Å². The van der Waals surface area contributed by atoms with Crippen LogP contribution < -0.4 is 11.1 Å². The number of amides is 1. The van der Waals surface area contributed by atoms with Gasteiger partial charge in [0, 0.05) is 12.6 Å². The highest BCUT2D eigenvalue weighted by Gasteiger charge is 2.24. The lowest BCUT2D eigenvalue weighted by Crippen LogP contribution is -2.42. The van der Waals surface area contributed by atoms with Gasteiger partial charge in [-0.15, -0.1) is 0 Å². The van der Waals surface area contributed by atoms with Crippen molar-refractivity contribution in [3.63, 3.8) is 0 Å². The molecule has 0 radical (unpaired) electrons. The Kier molecular flexibility index (Phi) is 4.18. The van der Waals surface area contributed by atoms with Gasteiger partial charge >= 0.3 is 0 Å². The maximum atomic E-state index is 11.1. The van der Waals surface area contributed by atoms with E-state index in [0.717, 1.165) is 45.1 Å². The molecule has 1 aliphatic heterocycles. The second kappa shape index (κ2) is 5.64. The first-order chi connectivity index (χ1) is 7.75. The van der Waals surface area contributed by atoms with Gasteiger partial charge < -0.3 is 16.0 Å². The van der Waals surface area contributed by atoms with E-state index in [1.165, 1.54) is 19.3 Å². The van der Waals surface area contributed by atoms with Gasteiger partial charge in [-0.25, -0.2) is 0 Å². The Balaban J connectivity index is 1.58. The van der Waals surface area contributed by atoms with E-state index in [0.29, 0.717) is 0 Å². The number of likely N-dealkylation sites (tertiary alicyclic amines) is 1. The van der Waals surface area contributed by atoms with Crippen molar-refractivity contribution < 1.29 is 4.79 Å². The quantitative estimate of drug-likeness (QED) is 0.640. The second-order valence-corrected chi connectivity index (χ2v) is 5.12. The smallest absolute Gasteiger partial charge is 0.221 e. The second-order valence-electron chi connectivity index (χ2n) is 5.12. The van der Waals surface area contributed by atoms with Gasteiger partial charge in [0.2, 0.25) is 5.91 Å². The monoisotopic (exact) mass is 225 g/mol. The third kappa shape index (κ3) is 3.76. The number of piperidine rings is 1. The van der Waals surface area contributed by atoms with Gasteiger partial charge in [0.1, 0.15) is 0 Å². The molecule has 1 unspecified atom stereocenters. The van der Waals surface area contributed by atoms with E-state index in [9.17, 15) is 4.79 Å². The Bertz CT molecular complexity index is 240. The highest BCUT2D eigenvalue weighted by atomic mass is 16.1. The van der Waals surface area contributed by atoms with Crippen LogP contribution in [0.15, 0.2) is 0 Å². The molecule has 1 saturated carbocycles. The van der Waals surface area contributed by atoms with Crippen LogP contribution in [0.5, 0.6) is 0 Å². The standard InChI is InChI=1S/C12H23N3O/c13-12(16)10-3-1-7-15(9-10)8-2-6-14-11-4-5-11/h10-11,14H,1-9H2,(H2,13,16). The maximum Gasteiger partial charge on any atom is 0.221 e. The van der Waals surface area contributed by atoms with Crippen molar-refractivity contribution in [1.29, 1.82) is 0 Å². The molecule has 2 aliphatic rings. The first-order valence-corrected chi connectivity index (χ1v) is 6.51. The predicted molar refractivity (Wildman–Crippen MR) is 64.0 cm³/mol. The highest BCUT2D eigenvalue weighted by molar-refractivity contribution is 5.76. The van der Waals surface area contributed by atoms with Gasteiger partial charge in [-0.2, -0.15) is 0 Å². The van der Waals surface area contributed by atoms with Gasteiger partial charge in [0.05, 0.1) is 5.92 Å². The number of carbonyl (C=O) groups is 1. The Labute approximate surface area is 97.6 Å². The molecule has 0 aromatic carbocycles. The van der Waals surface area contributed by atoms with Gasteiger partial charge in [-0.1, -0.05) is 0 Å². The molecule has 0 aromatic rings. The van der Waals surface area contributed by atoms with Crippen molar-refractivity contribution in [2.75, 3.05) is 26.2 Å². The molecule has 2 rings (SSSR count). The van der Waals surface area contributed by atoms with Crippen molar-refractivity contribution in [2.45, 2.75) is 38.1 Å². The van der Waals surface area contributed by atoms with Crippen LogP contribution in [-0.2, 0) is 4.79 Å². The van der Waals surface area contributed by atoms with Crippen molar-refractivity contribution in [2.24, 2.45) is 11.7 Å².